The Morgan fingerprint density at radius 2 is 1.83 bits per heavy atom. The summed E-state index contributed by atoms with van der Waals surface area (Å²) in [5.74, 6) is 0. The van der Waals surface area contributed by atoms with Crippen molar-refractivity contribution in [2.24, 2.45) is 5.41 Å². The Morgan fingerprint density at radius 3 is 2.33 bits per heavy atom. The molecule has 1 rings (SSSR count). The molecule has 1 N–H and O–H groups in total. The van der Waals surface area contributed by atoms with Crippen molar-refractivity contribution < 1.29 is 4.74 Å². The topological polar surface area (TPSA) is 24.5 Å². The van der Waals surface area contributed by atoms with Crippen LogP contribution < -0.4 is 5.32 Å². The average Bonchev–Trinajstić information content (AvgIpc) is 2.25. The summed E-state index contributed by atoms with van der Waals surface area (Å²) in [6.45, 7) is 16.8. The van der Waals surface area contributed by atoms with Crippen LogP contribution >= 0.6 is 0 Å². The fraction of sp³-hybridized carbons (Fsp3) is 1.00. The van der Waals surface area contributed by atoms with Gasteiger partial charge in [-0.3, -0.25) is 4.90 Å². The Kier molecular flexibility index (Phi) is 6.61. The molecule has 1 unspecified atom stereocenters. The maximum Gasteiger partial charge on any atom is 0.0678 e. The van der Waals surface area contributed by atoms with Crippen LogP contribution in [-0.4, -0.2) is 49.8 Å². The predicted molar refractivity (Wildman–Crippen MR) is 78.0 cm³/mol. The lowest BCUT2D eigenvalue weighted by Crippen LogP contribution is -2.51. The molecule has 0 spiro atoms. The van der Waals surface area contributed by atoms with Crippen molar-refractivity contribution in [1.29, 1.82) is 0 Å². The molecule has 0 aromatic carbocycles. The van der Waals surface area contributed by atoms with Crippen LogP contribution in [-0.2, 0) is 4.74 Å². The van der Waals surface area contributed by atoms with Crippen molar-refractivity contribution in [2.45, 2.75) is 59.7 Å². The largest absolute Gasteiger partial charge is 0.373 e. The molecule has 1 aliphatic heterocycles. The maximum atomic E-state index is 5.81. The second-order valence-corrected chi connectivity index (χ2v) is 6.29. The zero-order valence-corrected chi connectivity index (χ0v) is 13.0. The van der Waals surface area contributed by atoms with E-state index in [0.29, 0.717) is 17.6 Å². The van der Waals surface area contributed by atoms with Crippen LogP contribution in [0.2, 0.25) is 0 Å². The lowest BCUT2D eigenvalue weighted by atomic mass is 9.84. The minimum Gasteiger partial charge on any atom is -0.373 e. The quantitative estimate of drug-likeness (QED) is 0.757. The van der Waals surface area contributed by atoms with E-state index < -0.39 is 0 Å². The molecule has 0 aromatic heterocycles. The molecule has 1 heterocycles. The first-order valence-electron chi connectivity index (χ1n) is 7.57. The van der Waals surface area contributed by atoms with Crippen LogP contribution in [0.4, 0.5) is 0 Å². The Balaban J connectivity index is 2.53. The second kappa shape index (κ2) is 7.46. The van der Waals surface area contributed by atoms with Crippen molar-refractivity contribution in [3.63, 3.8) is 0 Å². The smallest absolute Gasteiger partial charge is 0.0678 e. The highest BCUT2D eigenvalue weighted by Crippen LogP contribution is 2.25. The van der Waals surface area contributed by atoms with E-state index in [4.69, 9.17) is 4.74 Å². The van der Waals surface area contributed by atoms with Gasteiger partial charge in [0.2, 0.25) is 0 Å². The molecule has 0 radical (unpaired) electrons. The van der Waals surface area contributed by atoms with E-state index in [9.17, 15) is 0 Å². The molecule has 3 nitrogen and oxygen atoms in total. The first-order chi connectivity index (χ1) is 8.49. The predicted octanol–water partition coefficient (Wildman–Crippen LogP) is 2.51. The fourth-order valence-electron chi connectivity index (χ4n) is 3.21. The van der Waals surface area contributed by atoms with Crippen molar-refractivity contribution >= 4 is 0 Å². The number of hydrogen-bond acceptors (Lipinski definition) is 3. The van der Waals surface area contributed by atoms with Crippen molar-refractivity contribution in [2.75, 3.05) is 32.7 Å². The Labute approximate surface area is 113 Å². The van der Waals surface area contributed by atoms with Crippen molar-refractivity contribution in [3.8, 4) is 0 Å². The Hall–Kier alpha value is -0.120. The Morgan fingerprint density at radius 1 is 1.22 bits per heavy atom. The van der Waals surface area contributed by atoms with E-state index in [0.717, 1.165) is 26.2 Å². The molecule has 0 amide bonds. The summed E-state index contributed by atoms with van der Waals surface area (Å²) in [7, 11) is 0. The summed E-state index contributed by atoms with van der Waals surface area (Å²) in [6.07, 6.45) is 3.30. The summed E-state index contributed by atoms with van der Waals surface area (Å²) in [4.78, 5) is 2.59. The van der Waals surface area contributed by atoms with Crippen LogP contribution in [0.15, 0.2) is 0 Å². The third-order valence-electron chi connectivity index (χ3n) is 3.76. The number of nitrogens with zero attached hydrogens (tertiary/aromatic N) is 1. The van der Waals surface area contributed by atoms with Gasteiger partial charge in [0.05, 0.1) is 12.2 Å². The molecule has 0 aromatic rings. The van der Waals surface area contributed by atoms with Gasteiger partial charge in [0.1, 0.15) is 0 Å². The molecular weight excluding hydrogens is 224 g/mol. The lowest BCUT2D eigenvalue weighted by molar-refractivity contribution is -0.0771. The molecule has 1 saturated heterocycles. The molecule has 18 heavy (non-hydrogen) atoms. The summed E-state index contributed by atoms with van der Waals surface area (Å²) < 4.78 is 5.81. The van der Waals surface area contributed by atoms with E-state index >= 15 is 0 Å². The monoisotopic (exact) mass is 256 g/mol. The van der Waals surface area contributed by atoms with E-state index in [1.165, 1.54) is 19.4 Å². The van der Waals surface area contributed by atoms with Crippen LogP contribution in [0, 0.1) is 5.41 Å². The SMILES string of the molecule is CCCC(C)(CNCC)CN1C[C@@H](C)O[C@@H](C)C1. The third kappa shape index (κ3) is 5.25. The average molecular weight is 256 g/mol. The van der Waals surface area contributed by atoms with Gasteiger partial charge in [-0.15, -0.1) is 0 Å². The lowest BCUT2D eigenvalue weighted by Gasteiger charge is -2.41. The molecule has 0 bridgehead atoms. The van der Waals surface area contributed by atoms with E-state index in [2.05, 4.69) is 44.8 Å². The van der Waals surface area contributed by atoms with E-state index in [1.807, 2.05) is 0 Å². The molecule has 1 aliphatic rings. The minimum atomic E-state index is 0.374. The first-order valence-corrected chi connectivity index (χ1v) is 7.57. The number of morpholine rings is 1. The highest BCUT2D eigenvalue weighted by atomic mass is 16.5. The van der Waals surface area contributed by atoms with Gasteiger partial charge in [-0.2, -0.15) is 0 Å². The number of hydrogen-bond donors (Lipinski definition) is 1. The summed E-state index contributed by atoms with van der Waals surface area (Å²) >= 11 is 0. The van der Waals surface area contributed by atoms with Gasteiger partial charge in [-0.25, -0.2) is 0 Å². The van der Waals surface area contributed by atoms with Crippen LogP contribution in [0.25, 0.3) is 0 Å². The molecule has 1 fully saturated rings. The van der Waals surface area contributed by atoms with Crippen molar-refractivity contribution in [1.82, 2.24) is 10.2 Å². The number of ether oxygens (including phenoxy) is 1. The van der Waals surface area contributed by atoms with Gasteiger partial charge < -0.3 is 10.1 Å². The number of rotatable bonds is 7. The standard InChI is InChI=1S/C15H32N2O/c1-6-8-15(5,11-16-7-2)12-17-9-13(3)18-14(4)10-17/h13-14,16H,6-12H2,1-5H3/t13-,14+,15?. The van der Waals surface area contributed by atoms with E-state index in [-0.39, 0.29) is 0 Å². The van der Waals surface area contributed by atoms with Crippen molar-refractivity contribution in [3.05, 3.63) is 0 Å². The molecule has 3 heteroatoms. The van der Waals surface area contributed by atoms with Gasteiger partial charge in [0.25, 0.3) is 0 Å². The van der Waals surface area contributed by atoms with Crippen LogP contribution in [0.1, 0.15) is 47.5 Å². The van der Waals surface area contributed by atoms with Gasteiger partial charge >= 0.3 is 0 Å². The molecule has 0 aliphatic carbocycles. The van der Waals surface area contributed by atoms with Gasteiger partial charge in [0.15, 0.2) is 0 Å². The fourth-order valence-corrected chi connectivity index (χ4v) is 3.21. The third-order valence-corrected chi connectivity index (χ3v) is 3.76. The van der Waals surface area contributed by atoms with Crippen LogP contribution in [0.3, 0.4) is 0 Å². The maximum absolute atomic E-state index is 5.81. The zero-order chi connectivity index (χ0) is 13.6. The Bertz CT molecular complexity index is 225. The van der Waals surface area contributed by atoms with Gasteiger partial charge in [-0.1, -0.05) is 27.2 Å². The normalized spacial score (nSPS) is 29.2. The highest BCUT2D eigenvalue weighted by Gasteiger charge is 2.30. The highest BCUT2D eigenvalue weighted by molar-refractivity contribution is 4.83. The van der Waals surface area contributed by atoms with Crippen LogP contribution in [0.5, 0.6) is 0 Å². The second-order valence-electron chi connectivity index (χ2n) is 6.29. The molecular formula is C15H32N2O. The summed E-state index contributed by atoms with van der Waals surface area (Å²) in [6, 6.07) is 0. The summed E-state index contributed by atoms with van der Waals surface area (Å²) in [5, 5.41) is 3.53. The first kappa shape index (κ1) is 15.9. The summed E-state index contributed by atoms with van der Waals surface area (Å²) in [5.41, 5.74) is 0.390. The molecule has 3 atom stereocenters. The number of nitrogens with one attached hydrogen (secondary N) is 1. The van der Waals surface area contributed by atoms with Gasteiger partial charge in [0, 0.05) is 26.2 Å². The zero-order valence-electron chi connectivity index (χ0n) is 13.0. The minimum absolute atomic E-state index is 0.374. The van der Waals surface area contributed by atoms with Gasteiger partial charge in [-0.05, 0) is 32.2 Å². The van der Waals surface area contributed by atoms with E-state index in [1.54, 1.807) is 0 Å². The molecule has 0 saturated carbocycles. The molecule has 108 valence electrons.